The first kappa shape index (κ1) is 19.6. The Bertz CT molecular complexity index is 791. The second-order valence-electron chi connectivity index (χ2n) is 6.43. The summed E-state index contributed by atoms with van der Waals surface area (Å²) in [5.74, 6) is 0.252. The number of pyridine rings is 1. The van der Waals surface area contributed by atoms with E-state index in [4.69, 9.17) is 9.47 Å². The van der Waals surface area contributed by atoms with Crippen LogP contribution in [0.3, 0.4) is 0 Å². The van der Waals surface area contributed by atoms with Gasteiger partial charge in [0.05, 0.1) is 6.61 Å². The van der Waals surface area contributed by atoms with Crippen LogP contribution < -0.4 is 4.74 Å². The highest BCUT2D eigenvalue weighted by Gasteiger charge is 2.14. The zero-order valence-electron chi connectivity index (χ0n) is 16.0. The van der Waals surface area contributed by atoms with Crippen LogP contribution in [0.15, 0.2) is 24.3 Å². The molecule has 0 saturated carbocycles. The molecule has 0 aliphatic carbocycles. The van der Waals surface area contributed by atoms with Gasteiger partial charge in [-0.2, -0.15) is 0 Å². The van der Waals surface area contributed by atoms with E-state index in [9.17, 15) is 9.59 Å². The zero-order chi connectivity index (χ0) is 19.3. The Labute approximate surface area is 154 Å². The summed E-state index contributed by atoms with van der Waals surface area (Å²) < 4.78 is 10.8. The maximum absolute atomic E-state index is 11.2. The molecule has 1 aromatic heterocycles. The maximum Gasteiger partial charge on any atom is 0.302 e. The van der Waals surface area contributed by atoms with E-state index >= 15 is 0 Å². The Hall–Kier alpha value is -2.69. The fraction of sp³-hybridized carbons (Fsp3) is 0.381. The van der Waals surface area contributed by atoms with Gasteiger partial charge in [-0.15, -0.1) is 0 Å². The lowest BCUT2D eigenvalue weighted by molar-refractivity contribution is -0.145. The van der Waals surface area contributed by atoms with E-state index in [1.807, 2.05) is 52.0 Å². The SMILES string of the molecule is CC(=O)O[C@H](C)CCOc1cc(C)c(-c2cccc(C=O)c2C)c(C)n1. The van der Waals surface area contributed by atoms with Crippen LogP contribution in [0.5, 0.6) is 5.88 Å². The number of rotatable bonds is 7. The topological polar surface area (TPSA) is 65.5 Å². The Kier molecular flexibility index (Phi) is 6.50. The van der Waals surface area contributed by atoms with Gasteiger partial charge < -0.3 is 9.47 Å². The first-order valence-electron chi connectivity index (χ1n) is 8.67. The zero-order valence-corrected chi connectivity index (χ0v) is 16.0. The molecule has 0 bridgehead atoms. The van der Waals surface area contributed by atoms with Crippen LogP contribution in [0.1, 0.15) is 47.4 Å². The lowest BCUT2D eigenvalue weighted by atomic mass is 9.93. The Morgan fingerprint density at radius 1 is 1.27 bits per heavy atom. The molecule has 1 heterocycles. The molecule has 0 aliphatic heterocycles. The Balaban J connectivity index is 2.19. The van der Waals surface area contributed by atoms with Crippen LogP contribution in [0.25, 0.3) is 11.1 Å². The molecule has 0 aliphatic rings. The molecule has 0 radical (unpaired) electrons. The summed E-state index contributed by atoms with van der Waals surface area (Å²) in [6, 6.07) is 7.59. The van der Waals surface area contributed by atoms with E-state index in [0.29, 0.717) is 24.5 Å². The van der Waals surface area contributed by atoms with E-state index in [1.54, 1.807) is 0 Å². The second kappa shape index (κ2) is 8.61. The number of aromatic nitrogens is 1. The number of benzene rings is 1. The standard InChI is InChI=1S/C21H25NO4/c1-13-11-20(25-10-9-14(2)26-17(5)24)22-16(4)21(13)19-8-6-7-18(12-23)15(19)3/h6-8,11-12,14H,9-10H2,1-5H3/t14-/m1/s1. The minimum Gasteiger partial charge on any atom is -0.478 e. The fourth-order valence-electron chi connectivity index (χ4n) is 3.00. The van der Waals surface area contributed by atoms with Crippen molar-refractivity contribution >= 4 is 12.3 Å². The highest BCUT2D eigenvalue weighted by atomic mass is 16.5. The molecule has 26 heavy (non-hydrogen) atoms. The molecule has 0 saturated heterocycles. The van der Waals surface area contributed by atoms with Gasteiger partial charge >= 0.3 is 5.97 Å². The van der Waals surface area contributed by atoms with Crippen molar-refractivity contribution in [3.63, 3.8) is 0 Å². The van der Waals surface area contributed by atoms with Crippen molar-refractivity contribution in [1.29, 1.82) is 0 Å². The molecule has 0 amide bonds. The van der Waals surface area contributed by atoms with Gasteiger partial charge in [0, 0.05) is 36.2 Å². The third-order valence-corrected chi connectivity index (χ3v) is 4.29. The summed E-state index contributed by atoms with van der Waals surface area (Å²) in [6.45, 7) is 9.53. The van der Waals surface area contributed by atoms with Crippen molar-refractivity contribution < 1.29 is 19.1 Å². The van der Waals surface area contributed by atoms with Gasteiger partial charge in [-0.25, -0.2) is 4.98 Å². The van der Waals surface area contributed by atoms with Gasteiger partial charge in [0.15, 0.2) is 0 Å². The lowest BCUT2D eigenvalue weighted by Gasteiger charge is -2.16. The number of carbonyl (C=O) groups is 2. The van der Waals surface area contributed by atoms with Gasteiger partial charge in [-0.05, 0) is 44.4 Å². The minimum atomic E-state index is -0.292. The molecule has 2 rings (SSSR count). The maximum atomic E-state index is 11.2. The highest BCUT2D eigenvalue weighted by molar-refractivity contribution is 5.84. The normalized spacial score (nSPS) is 11.7. The van der Waals surface area contributed by atoms with Crippen molar-refractivity contribution in [1.82, 2.24) is 4.98 Å². The lowest BCUT2D eigenvalue weighted by Crippen LogP contribution is -2.16. The predicted molar refractivity (Wildman–Crippen MR) is 101 cm³/mol. The number of hydrogen-bond donors (Lipinski definition) is 0. The quantitative estimate of drug-likeness (QED) is 0.550. The van der Waals surface area contributed by atoms with E-state index < -0.39 is 0 Å². The first-order valence-corrected chi connectivity index (χ1v) is 8.67. The van der Waals surface area contributed by atoms with Crippen LogP contribution in [0.2, 0.25) is 0 Å². The van der Waals surface area contributed by atoms with E-state index in [0.717, 1.165) is 34.2 Å². The Morgan fingerprint density at radius 2 is 2.00 bits per heavy atom. The summed E-state index contributed by atoms with van der Waals surface area (Å²) in [7, 11) is 0. The molecule has 138 valence electrons. The molecule has 0 N–H and O–H groups in total. The second-order valence-corrected chi connectivity index (χ2v) is 6.43. The number of hydrogen-bond acceptors (Lipinski definition) is 5. The number of esters is 1. The van der Waals surface area contributed by atoms with E-state index in [1.165, 1.54) is 6.92 Å². The van der Waals surface area contributed by atoms with Gasteiger partial charge in [-0.3, -0.25) is 9.59 Å². The fourth-order valence-corrected chi connectivity index (χ4v) is 3.00. The molecule has 1 atom stereocenters. The average Bonchev–Trinajstić information content (AvgIpc) is 2.55. The summed E-state index contributed by atoms with van der Waals surface area (Å²) in [5, 5.41) is 0. The number of ether oxygens (including phenoxy) is 2. The van der Waals surface area contributed by atoms with Crippen molar-refractivity contribution in [3.05, 3.63) is 46.6 Å². The van der Waals surface area contributed by atoms with Crippen molar-refractivity contribution in [2.75, 3.05) is 6.61 Å². The van der Waals surface area contributed by atoms with Crippen LogP contribution in [-0.2, 0) is 9.53 Å². The smallest absolute Gasteiger partial charge is 0.302 e. The van der Waals surface area contributed by atoms with Gasteiger partial charge in [0.2, 0.25) is 5.88 Å². The van der Waals surface area contributed by atoms with Crippen LogP contribution >= 0.6 is 0 Å². The molecular formula is C21H25NO4. The average molecular weight is 355 g/mol. The number of nitrogens with zero attached hydrogens (tertiary/aromatic N) is 1. The summed E-state index contributed by atoms with van der Waals surface area (Å²) in [6.07, 6.45) is 1.28. The number of aldehydes is 1. The molecule has 1 aromatic carbocycles. The van der Waals surface area contributed by atoms with Gasteiger partial charge in [0.1, 0.15) is 12.4 Å². The minimum absolute atomic E-state index is 0.192. The molecule has 2 aromatic rings. The first-order chi connectivity index (χ1) is 12.3. The third kappa shape index (κ3) is 4.69. The number of aryl methyl sites for hydroxylation is 2. The van der Waals surface area contributed by atoms with Gasteiger partial charge in [0.25, 0.3) is 0 Å². The molecule has 5 heteroatoms. The van der Waals surface area contributed by atoms with E-state index in [-0.39, 0.29) is 12.1 Å². The third-order valence-electron chi connectivity index (χ3n) is 4.29. The molecule has 0 fully saturated rings. The molecular weight excluding hydrogens is 330 g/mol. The Morgan fingerprint density at radius 3 is 2.62 bits per heavy atom. The predicted octanol–water partition coefficient (Wildman–Crippen LogP) is 4.21. The van der Waals surface area contributed by atoms with Gasteiger partial charge in [-0.1, -0.05) is 18.2 Å². The van der Waals surface area contributed by atoms with Crippen LogP contribution in [-0.4, -0.2) is 30.0 Å². The monoisotopic (exact) mass is 355 g/mol. The summed E-state index contributed by atoms with van der Waals surface area (Å²) >= 11 is 0. The highest BCUT2D eigenvalue weighted by Crippen LogP contribution is 2.32. The van der Waals surface area contributed by atoms with Crippen molar-refractivity contribution in [3.8, 4) is 17.0 Å². The summed E-state index contributed by atoms with van der Waals surface area (Å²) in [4.78, 5) is 26.7. The largest absolute Gasteiger partial charge is 0.478 e. The van der Waals surface area contributed by atoms with Crippen LogP contribution in [0, 0.1) is 20.8 Å². The molecule has 0 unspecified atom stereocenters. The molecule has 5 nitrogen and oxygen atoms in total. The number of carbonyl (C=O) groups excluding carboxylic acids is 2. The molecule has 0 spiro atoms. The van der Waals surface area contributed by atoms with E-state index in [2.05, 4.69) is 4.98 Å². The summed E-state index contributed by atoms with van der Waals surface area (Å²) in [5.41, 5.74) is 5.53. The van der Waals surface area contributed by atoms with Crippen molar-refractivity contribution in [2.45, 2.75) is 47.1 Å². The van der Waals surface area contributed by atoms with Crippen LogP contribution in [0.4, 0.5) is 0 Å². The van der Waals surface area contributed by atoms with Crippen molar-refractivity contribution in [2.24, 2.45) is 0 Å².